The zero-order chi connectivity index (χ0) is 30.4. The summed E-state index contributed by atoms with van der Waals surface area (Å²) in [6.45, 7) is 0.982. The van der Waals surface area contributed by atoms with Crippen molar-refractivity contribution >= 4 is 24.3 Å². The summed E-state index contributed by atoms with van der Waals surface area (Å²) in [4.78, 5) is 44.7. The second kappa shape index (κ2) is 17.7. The van der Waals surface area contributed by atoms with Gasteiger partial charge >= 0.3 is 5.97 Å². The van der Waals surface area contributed by atoms with Crippen LogP contribution < -0.4 is 31.6 Å². The summed E-state index contributed by atoms with van der Waals surface area (Å²) >= 11 is 0. The number of nitrogens with one attached hydrogen (secondary N) is 1. The first-order valence-electron chi connectivity index (χ1n) is 12.4. The number of ether oxygens (including phenoxy) is 2. The number of aromatic carboxylic acids is 1. The molecule has 2 aromatic heterocycles. The molecule has 224 valence electrons. The van der Waals surface area contributed by atoms with Gasteiger partial charge in [-0.1, -0.05) is 36.4 Å². The minimum Gasteiger partial charge on any atom is -0.497 e. The van der Waals surface area contributed by atoms with E-state index in [-0.39, 0.29) is 35.1 Å². The predicted molar refractivity (Wildman–Crippen MR) is 163 cm³/mol. The number of hydrogen-bond acceptors (Lipinski definition) is 7. The van der Waals surface area contributed by atoms with Crippen LogP contribution in [0, 0.1) is 0 Å². The van der Waals surface area contributed by atoms with E-state index >= 15 is 0 Å². The number of halogens is 1. The molecule has 11 nitrogen and oxygen atoms in total. The van der Waals surface area contributed by atoms with Crippen LogP contribution in [0.25, 0.3) is 0 Å². The molecule has 0 atom stereocenters. The summed E-state index contributed by atoms with van der Waals surface area (Å²) in [6, 6.07) is 23.9. The molecule has 0 saturated carbocycles. The highest BCUT2D eigenvalue weighted by atomic mass is 35.5. The van der Waals surface area contributed by atoms with Crippen molar-refractivity contribution in [2.45, 2.75) is 13.1 Å². The average molecular weight is 599 g/mol. The van der Waals surface area contributed by atoms with E-state index < -0.39 is 5.97 Å². The Balaban J connectivity index is 0.000000341. The molecule has 2 aromatic carbocycles. The Kier molecular flexibility index (Phi) is 14.9. The Hall–Kier alpha value is -4.87. The van der Waals surface area contributed by atoms with Crippen LogP contribution in [0.4, 0.5) is 0 Å². The summed E-state index contributed by atoms with van der Waals surface area (Å²) in [5.74, 6) is 0.272. The van der Waals surface area contributed by atoms with Gasteiger partial charge in [-0.25, -0.2) is 4.79 Å². The van der Waals surface area contributed by atoms with Crippen molar-refractivity contribution in [3.05, 3.63) is 128 Å². The first-order valence-corrected chi connectivity index (χ1v) is 12.4. The van der Waals surface area contributed by atoms with Gasteiger partial charge in [0.25, 0.3) is 17.0 Å². The first kappa shape index (κ1) is 35.2. The van der Waals surface area contributed by atoms with Gasteiger partial charge in [0.05, 0.1) is 14.2 Å². The lowest BCUT2D eigenvalue weighted by atomic mass is 10.2. The van der Waals surface area contributed by atoms with Gasteiger partial charge in [-0.2, -0.15) is 0 Å². The number of carbonyl (C=O) groups is 2. The molecule has 0 aliphatic heterocycles. The van der Waals surface area contributed by atoms with Gasteiger partial charge < -0.3 is 34.8 Å². The first-order chi connectivity index (χ1) is 19.6. The fourth-order valence-electron chi connectivity index (χ4n) is 3.35. The molecular formula is C30H35ClN4O7. The highest BCUT2D eigenvalue weighted by Gasteiger charge is 2.09. The van der Waals surface area contributed by atoms with Crippen LogP contribution in [0.3, 0.4) is 0 Å². The van der Waals surface area contributed by atoms with Crippen molar-refractivity contribution in [2.24, 2.45) is 19.8 Å². The van der Waals surface area contributed by atoms with E-state index in [1.54, 1.807) is 33.4 Å². The van der Waals surface area contributed by atoms with E-state index in [1.807, 2.05) is 48.5 Å². The summed E-state index contributed by atoms with van der Waals surface area (Å²) in [6.07, 6.45) is 0. The van der Waals surface area contributed by atoms with Crippen LogP contribution in [0.2, 0.25) is 0 Å². The van der Waals surface area contributed by atoms with Gasteiger partial charge in [-0.3, -0.25) is 14.4 Å². The number of hydrogen-bond donors (Lipinski definition) is 3. The zero-order valence-corrected chi connectivity index (χ0v) is 24.6. The smallest absolute Gasteiger partial charge is 0.352 e. The Bertz CT molecular complexity index is 1530. The summed E-state index contributed by atoms with van der Waals surface area (Å²) in [5.41, 5.74) is 7.30. The van der Waals surface area contributed by atoms with Gasteiger partial charge in [0.2, 0.25) is 0 Å². The Morgan fingerprint density at radius 1 is 0.738 bits per heavy atom. The predicted octanol–water partition coefficient (Wildman–Crippen LogP) is 2.98. The summed E-state index contributed by atoms with van der Waals surface area (Å²) < 4.78 is 12.4. The largest absolute Gasteiger partial charge is 0.497 e. The van der Waals surface area contributed by atoms with E-state index in [0.29, 0.717) is 18.8 Å². The number of methoxy groups -OCH3 is 2. The van der Waals surface area contributed by atoms with Crippen molar-refractivity contribution in [1.29, 1.82) is 0 Å². The van der Waals surface area contributed by atoms with Crippen molar-refractivity contribution in [3.8, 4) is 11.5 Å². The van der Waals surface area contributed by atoms with E-state index in [1.165, 1.54) is 35.9 Å². The van der Waals surface area contributed by atoms with Gasteiger partial charge in [0.15, 0.2) is 0 Å². The van der Waals surface area contributed by atoms with Crippen LogP contribution in [-0.2, 0) is 27.2 Å². The maximum Gasteiger partial charge on any atom is 0.352 e. The number of amides is 1. The molecule has 0 radical (unpaired) electrons. The fraction of sp³-hybridized carbons (Fsp3) is 0.200. The van der Waals surface area contributed by atoms with Crippen LogP contribution in [0.1, 0.15) is 32.1 Å². The van der Waals surface area contributed by atoms with Crippen molar-refractivity contribution in [2.75, 3.05) is 14.2 Å². The zero-order valence-electron chi connectivity index (χ0n) is 23.8. The SMILES string of the molecule is COc1ccc(CN)cc1.COc1ccc(CNC(=O)c2cccc(=O)n2C)cc1.Cl.Cn1c(C(=O)O)cccc1=O. The Morgan fingerprint density at radius 2 is 1.17 bits per heavy atom. The molecule has 4 rings (SSSR count). The number of aromatic nitrogens is 2. The number of pyridine rings is 2. The lowest BCUT2D eigenvalue weighted by Crippen LogP contribution is -2.30. The van der Waals surface area contributed by atoms with Gasteiger partial charge in [0, 0.05) is 39.3 Å². The summed E-state index contributed by atoms with van der Waals surface area (Å²) in [5, 5.41) is 11.3. The molecule has 0 bridgehead atoms. The van der Waals surface area contributed by atoms with Crippen LogP contribution >= 0.6 is 12.4 Å². The van der Waals surface area contributed by atoms with Gasteiger partial charge in [0.1, 0.15) is 22.9 Å². The molecule has 4 N–H and O–H groups in total. The molecule has 0 aliphatic carbocycles. The number of rotatable bonds is 7. The summed E-state index contributed by atoms with van der Waals surface area (Å²) in [7, 11) is 6.25. The third-order valence-electron chi connectivity index (χ3n) is 5.83. The number of nitrogens with two attached hydrogens (primary N) is 1. The molecule has 42 heavy (non-hydrogen) atoms. The van der Waals surface area contributed by atoms with Crippen molar-refractivity contribution < 1.29 is 24.2 Å². The number of benzene rings is 2. The molecule has 0 aliphatic rings. The second-order valence-electron chi connectivity index (χ2n) is 8.50. The minimum absolute atomic E-state index is 0. The van der Waals surface area contributed by atoms with E-state index in [9.17, 15) is 19.2 Å². The van der Waals surface area contributed by atoms with Crippen LogP contribution in [-0.4, -0.2) is 40.3 Å². The lowest BCUT2D eigenvalue weighted by molar-refractivity contribution is 0.0684. The Labute approximate surface area is 249 Å². The molecule has 0 spiro atoms. The number of carboxylic acid groups (broad SMARTS) is 1. The lowest BCUT2D eigenvalue weighted by Gasteiger charge is -2.09. The molecular weight excluding hydrogens is 564 g/mol. The van der Waals surface area contributed by atoms with E-state index in [0.717, 1.165) is 27.2 Å². The Morgan fingerprint density at radius 3 is 1.57 bits per heavy atom. The van der Waals surface area contributed by atoms with Crippen LogP contribution in [0.5, 0.6) is 11.5 Å². The van der Waals surface area contributed by atoms with E-state index in [4.69, 9.17) is 20.3 Å². The normalized spacial score (nSPS) is 9.55. The maximum absolute atomic E-state index is 12.0. The topological polar surface area (TPSA) is 155 Å². The second-order valence-corrected chi connectivity index (χ2v) is 8.50. The standard InChI is InChI=1S/C15H16N2O3.C8H11NO.C7H7NO3.ClH/c1-17-13(4-3-5-14(17)18)15(19)16-10-11-6-8-12(20-2)9-7-11;1-10-8-4-2-7(6-9)3-5-8;1-8-5(7(10)11)3-2-4-6(8)9;/h3-9H,10H2,1-2H3,(H,16,19);2-5H,6,9H2,1H3;2-4H,1H3,(H,10,11);1H. The maximum atomic E-state index is 12.0. The highest BCUT2D eigenvalue weighted by Crippen LogP contribution is 2.11. The molecule has 0 unspecified atom stereocenters. The minimum atomic E-state index is -1.09. The fourth-order valence-corrected chi connectivity index (χ4v) is 3.35. The van der Waals surface area contributed by atoms with Crippen LogP contribution in [0.15, 0.2) is 94.5 Å². The number of carbonyl (C=O) groups excluding carboxylic acids is 1. The van der Waals surface area contributed by atoms with Crippen molar-refractivity contribution in [3.63, 3.8) is 0 Å². The third-order valence-corrected chi connectivity index (χ3v) is 5.83. The molecule has 1 amide bonds. The third kappa shape index (κ3) is 10.6. The number of carboxylic acids is 1. The quantitative estimate of drug-likeness (QED) is 0.293. The van der Waals surface area contributed by atoms with Gasteiger partial charge in [-0.15, -0.1) is 12.4 Å². The van der Waals surface area contributed by atoms with E-state index in [2.05, 4.69) is 5.32 Å². The highest BCUT2D eigenvalue weighted by molar-refractivity contribution is 5.92. The molecule has 12 heteroatoms. The average Bonchev–Trinajstić information content (AvgIpc) is 2.99. The molecule has 4 aromatic rings. The molecule has 0 saturated heterocycles. The molecule has 2 heterocycles. The number of nitrogens with zero attached hydrogens (tertiary/aromatic N) is 2. The monoisotopic (exact) mass is 598 g/mol. The van der Waals surface area contributed by atoms with Crippen molar-refractivity contribution in [1.82, 2.24) is 14.5 Å². The molecule has 0 fully saturated rings. The van der Waals surface area contributed by atoms with Gasteiger partial charge in [-0.05, 0) is 47.5 Å².